The molecule has 302 valence electrons. The normalized spacial score (nSPS) is 11.2. The zero-order valence-electron chi connectivity index (χ0n) is 34.3. The Morgan fingerprint density at radius 2 is 0.900 bits per heavy atom. The summed E-state index contributed by atoms with van der Waals surface area (Å²) in [5.41, 5.74) is 11.0. The Morgan fingerprint density at radius 3 is 1.38 bits per heavy atom. The second-order valence-corrected chi connectivity index (χ2v) is 15.1. The van der Waals surface area contributed by atoms with Crippen LogP contribution in [0.3, 0.4) is 0 Å². The summed E-state index contributed by atoms with van der Waals surface area (Å²) in [6.07, 6.45) is 10.8. The summed E-state index contributed by atoms with van der Waals surface area (Å²) < 4.78 is 15.9. The molecule has 0 unspecified atom stereocenters. The lowest BCUT2D eigenvalue weighted by Gasteiger charge is -2.21. The highest BCUT2D eigenvalue weighted by atomic mass is 16.5. The molecule has 0 aromatic heterocycles. The van der Waals surface area contributed by atoms with Crippen LogP contribution in [0.15, 0.2) is 147 Å². The second kappa shape index (κ2) is 19.3. The molecule has 6 heteroatoms. The molecule has 0 N–H and O–H groups in total. The van der Waals surface area contributed by atoms with Crippen molar-refractivity contribution in [2.24, 2.45) is 0 Å². The van der Waals surface area contributed by atoms with Crippen molar-refractivity contribution in [3.63, 3.8) is 0 Å². The molecule has 7 aromatic carbocycles. The highest BCUT2D eigenvalue weighted by Crippen LogP contribution is 2.47. The smallest absolute Gasteiger partial charge is 0.330 e. The monoisotopic (exact) mass is 794 g/mol. The van der Waals surface area contributed by atoms with Gasteiger partial charge in [-0.05, 0) is 126 Å². The number of carbonyl (C=O) groups excluding carboxylic acids is 3. The van der Waals surface area contributed by atoms with Gasteiger partial charge in [0.2, 0.25) is 0 Å². The fourth-order valence-electron chi connectivity index (χ4n) is 8.08. The summed E-state index contributed by atoms with van der Waals surface area (Å²) >= 11 is 0. The van der Waals surface area contributed by atoms with E-state index < -0.39 is 17.9 Å². The molecule has 7 rings (SSSR count). The number of rotatable bonds is 19. The van der Waals surface area contributed by atoms with Crippen LogP contribution < -0.4 is 0 Å². The first kappa shape index (κ1) is 41.4. The Bertz CT molecular complexity index is 2580. The van der Waals surface area contributed by atoms with Gasteiger partial charge in [-0.25, -0.2) is 14.4 Å². The van der Waals surface area contributed by atoms with Crippen molar-refractivity contribution in [1.29, 1.82) is 0 Å². The van der Waals surface area contributed by atoms with E-state index in [0.29, 0.717) is 6.61 Å². The number of benzene rings is 7. The molecular formula is C54H50O6. The predicted molar refractivity (Wildman–Crippen MR) is 244 cm³/mol. The number of unbranched alkanes of at least 4 members (excludes halogenated alkanes) is 3. The van der Waals surface area contributed by atoms with E-state index in [-0.39, 0.29) is 13.2 Å². The number of hydrogen-bond donors (Lipinski definition) is 0. The molecule has 0 bridgehead atoms. The molecule has 0 atom stereocenters. The van der Waals surface area contributed by atoms with Crippen LogP contribution in [0.2, 0.25) is 0 Å². The van der Waals surface area contributed by atoms with Crippen LogP contribution in [0.5, 0.6) is 0 Å². The van der Waals surface area contributed by atoms with E-state index in [2.05, 4.69) is 112 Å². The van der Waals surface area contributed by atoms with E-state index in [1.165, 1.54) is 75.7 Å². The fraction of sp³-hybridized carbons (Fsp3) is 0.204. The predicted octanol–water partition coefficient (Wildman–Crippen LogP) is 12.8. The number of hydrogen-bond acceptors (Lipinski definition) is 6. The summed E-state index contributed by atoms with van der Waals surface area (Å²) in [5, 5.41) is 7.26. The molecule has 0 aliphatic rings. The van der Waals surface area contributed by atoms with Gasteiger partial charge >= 0.3 is 17.9 Å². The second-order valence-electron chi connectivity index (χ2n) is 15.1. The van der Waals surface area contributed by atoms with Gasteiger partial charge in [0.05, 0.1) is 6.61 Å². The summed E-state index contributed by atoms with van der Waals surface area (Å²) in [4.78, 5) is 35.1. The average molecular weight is 795 g/mol. The Hall–Kier alpha value is -6.79. The molecule has 7 aromatic rings. The molecule has 0 spiro atoms. The van der Waals surface area contributed by atoms with E-state index >= 15 is 0 Å². The quantitative estimate of drug-likeness (QED) is 0.0267. The highest BCUT2D eigenvalue weighted by Gasteiger charge is 2.21. The van der Waals surface area contributed by atoms with Crippen LogP contribution in [0.1, 0.15) is 61.3 Å². The minimum Gasteiger partial charge on any atom is -0.463 e. The largest absolute Gasteiger partial charge is 0.463 e. The minimum absolute atomic E-state index is 0.166. The highest BCUT2D eigenvalue weighted by molar-refractivity contribution is 6.30. The minimum atomic E-state index is -0.454. The molecule has 0 heterocycles. The van der Waals surface area contributed by atoms with Gasteiger partial charge in [0.1, 0.15) is 13.2 Å². The van der Waals surface area contributed by atoms with Crippen molar-refractivity contribution in [2.45, 2.75) is 65.1 Å². The third-order valence-electron chi connectivity index (χ3n) is 11.2. The van der Waals surface area contributed by atoms with Crippen LogP contribution in [0, 0.1) is 0 Å². The lowest BCUT2D eigenvalue weighted by molar-refractivity contribution is -0.139. The lowest BCUT2D eigenvalue weighted by Crippen LogP contribution is -2.02. The molecular weight excluding hydrogens is 745 g/mol. The summed E-state index contributed by atoms with van der Waals surface area (Å²) in [6, 6.07) is 39.1. The molecule has 0 radical (unpaired) electrons. The van der Waals surface area contributed by atoms with Crippen LogP contribution >= 0.6 is 0 Å². The maximum atomic E-state index is 11.8. The molecule has 0 aliphatic heterocycles. The van der Waals surface area contributed by atoms with Crippen molar-refractivity contribution in [1.82, 2.24) is 0 Å². The zero-order valence-corrected chi connectivity index (χ0v) is 34.3. The van der Waals surface area contributed by atoms with Crippen molar-refractivity contribution in [2.75, 3.05) is 6.61 Å². The van der Waals surface area contributed by atoms with Crippen LogP contribution in [-0.2, 0) is 54.6 Å². The zero-order chi connectivity index (χ0) is 42.0. The first-order valence-electron chi connectivity index (χ1n) is 20.7. The fourth-order valence-corrected chi connectivity index (χ4v) is 8.08. The average Bonchev–Trinajstić information content (AvgIpc) is 3.29. The van der Waals surface area contributed by atoms with E-state index in [1.807, 2.05) is 24.3 Å². The van der Waals surface area contributed by atoms with Gasteiger partial charge < -0.3 is 14.2 Å². The van der Waals surface area contributed by atoms with Crippen LogP contribution in [0.25, 0.3) is 65.7 Å². The van der Waals surface area contributed by atoms with Gasteiger partial charge in [-0.1, -0.05) is 143 Å². The molecule has 0 saturated carbocycles. The van der Waals surface area contributed by atoms with Crippen molar-refractivity contribution in [3.05, 3.63) is 169 Å². The number of carbonyl (C=O) groups is 3. The topological polar surface area (TPSA) is 78.9 Å². The van der Waals surface area contributed by atoms with Gasteiger partial charge in [0, 0.05) is 18.2 Å². The molecule has 6 nitrogen and oxygen atoms in total. The van der Waals surface area contributed by atoms with E-state index in [1.54, 1.807) is 0 Å². The van der Waals surface area contributed by atoms with Crippen molar-refractivity contribution < 1.29 is 28.6 Å². The molecule has 0 aliphatic carbocycles. The van der Waals surface area contributed by atoms with Gasteiger partial charge in [-0.2, -0.15) is 0 Å². The number of aryl methyl sites for hydroxylation is 2. The van der Waals surface area contributed by atoms with E-state index in [0.717, 1.165) is 75.4 Å². The SMILES string of the molecule is C=CC(=O)OCCCc1ccc(-c2cc(CCCCCC)c3ccc4c(-c5ccc(COC(=O)C=C)cc5)cc(-c5ccc(COC(=O)C=C)cc5)c5ccc2c3c45)cc1. The van der Waals surface area contributed by atoms with E-state index in [9.17, 15) is 14.4 Å². The maximum absolute atomic E-state index is 11.8. The van der Waals surface area contributed by atoms with Gasteiger partial charge in [-0.3, -0.25) is 0 Å². The Balaban J connectivity index is 1.39. The number of esters is 3. The third kappa shape index (κ3) is 9.24. The lowest BCUT2D eigenvalue weighted by atomic mass is 9.82. The first-order chi connectivity index (χ1) is 29.3. The van der Waals surface area contributed by atoms with Crippen molar-refractivity contribution in [3.8, 4) is 33.4 Å². The molecule has 0 saturated heterocycles. The maximum Gasteiger partial charge on any atom is 0.330 e. The number of ether oxygens (including phenoxy) is 3. The third-order valence-corrected chi connectivity index (χ3v) is 11.2. The Labute approximate surface area is 352 Å². The van der Waals surface area contributed by atoms with E-state index in [4.69, 9.17) is 14.2 Å². The summed E-state index contributed by atoms with van der Waals surface area (Å²) in [6.45, 7) is 13.4. The molecule has 0 fully saturated rings. The first-order valence-corrected chi connectivity index (χ1v) is 20.7. The summed E-state index contributed by atoms with van der Waals surface area (Å²) in [5.74, 6) is -1.30. The molecule has 0 amide bonds. The van der Waals surface area contributed by atoms with Crippen LogP contribution in [0.4, 0.5) is 0 Å². The Morgan fingerprint density at radius 1 is 0.467 bits per heavy atom. The molecule has 60 heavy (non-hydrogen) atoms. The van der Waals surface area contributed by atoms with Crippen molar-refractivity contribution >= 4 is 50.2 Å². The standard InChI is InChI=1S/C54H50O6/c1-5-9-10-11-14-42-32-47(39-21-15-36(16-22-39)13-12-31-58-50(55)6-2)44-29-30-46-49(41-25-19-38(20-26-41)35-60-52(57)8-4)33-48(45-28-27-43(42)53(44)54(45)46)40-23-17-37(18-24-40)34-59-51(56)7-3/h6-8,15-30,32-33H,2-5,9-14,31,34-35H2,1H3. The Kier molecular flexibility index (Phi) is 13.3. The van der Waals surface area contributed by atoms with Gasteiger partial charge in [0.15, 0.2) is 0 Å². The van der Waals surface area contributed by atoms with Gasteiger partial charge in [-0.15, -0.1) is 0 Å². The van der Waals surface area contributed by atoms with Gasteiger partial charge in [0.25, 0.3) is 0 Å². The van der Waals surface area contributed by atoms with Crippen LogP contribution in [-0.4, -0.2) is 24.5 Å². The summed E-state index contributed by atoms with van der Waals surface area (Å²) in [7, 11) is 0.